The molecular formula is C10H14N2OS. The SMILES string of the molecule is COc1cccc(CN(C)C(N)=S)c1. The van der Waals surface area contributed by atoms with E-state index in [0.29, 0.717) is 11.7 Å². The van der Waals surface area contributed by atoms with Crippen molar-refractivity contribution in [3.8, 4) is 5.75 Å². The number of hydrogen-bond acceptors (Lipinski definition) is 2. The van der Waals surface area contributed by atoms with Crippen molar-refractivity contribution in [3.63, 3.8) is 0 Å². The van der Waals surface area contributed by atoms with Crippen LogP contribution in [0.5, 0.6) is 5.75 Å². The fraction of sp³-hybridized carbons (Fsp3) is 0.300. The van der Waals surface area contributed by atoms with Crippen LogP contribution in [-0.4, -0.2) is 24.2 Å². The van der Waals surface area contributed by atoms with Gasteiger partial charge in [-0.15, -0.1) is 0 Å². The van der Waals surface area contributed by atoms with Gasteiger partial charge >= 0.3 is 0 Å². The Morgan fingerprint density at radius 1 is 1.57 bits per heavy atom. The zero-order valence-electron chi connectivity index (χ0n) is 8.36. The lowest BCUT2D eigenvalue weighted by Gasteiger charge is -2.16. The van der Waals surface area contributed by atoms with Crippen molar-refractivity contribution < 1.29 is 4.74 Å². The van der Waals surface area contributed by atoms with Crippen LogP contribution in [0.2, 0.25) is 0 Å². The van der Waals surface area contributed by atoms with Gasteiger partial charge in [-0.1, -0.05) is 12.1 Å². The molecule has 0 aliphatic carbocycles. The third kappa shape index (κ3) is 2.88. The fourth-order valence-electron chi connectivity index (χ4n) is 1.12. The van der Waals surface area contributed by atoms with Crippen LogP contribution in [0, 0.1) is 0 Å². The standard InChI is InChI=1S/C10H14N2OS/c1-12(10(11)14)7-8-4-3-5-9(6-8)13-2/h3-6H,7H2,1-2H3,(H2,11,14). The number of benzene rings is 1. The number of thiocarbonyl (C=S) groups is 1. The minimum Gasteiger partial charge on any atom is -0.497 e. The van der Waals surface area contributed by atoms with E-state index in [2.05, 4.69) is 0 Å². The van der Waals surface area contributed by atoms with Gasteiger partial charge in [0.1, 0.15) is 5.75 Å². The molecule has 2 N–H and O–H groups in total. The molecule has 0 radical (unpaired) electrons. The van der Waals surface area contributed by atoms with E-state index in [1.54, 1.807) is 7.11 Å². The van der Waals surface area contributed by atoms with E-state index in [1.165, 1.54) is 0 Å². The molecule has 3 nitrogen and oxygen atoms in total. The van der Waals surface area contributed by atoms with Crippen molar-refractivity contribution >= 4 is 17.3 Å². The molecule has 4 heteroatoms. The van der Waals surface area contributed by atoms with E-state index < -0.39 is 0 Å². The van der Waals surface area contributed by atoms with E-state index in [-0.39, 0.29) is 0 Å². The first-order valence-corrected chi connectivity index (χ1v) is 4.68. The first kappa shape index (κ1) is 10.8. The predicted octanol–water partition coefficient (Wildman–Crippen LogP) is 1.37. The molecule has 0 aromatic heterocycles. The Bertz CT molecular complexity index is 328. The molecule has 0 heterocycles. The molecule has 0 amide bonds. The monoisotopic (exact) mass is 210 g/mol. The van der Waals surface area contributed by atoms with E-state index in [9.17, 15) is 0 Å². The van der Waals surface area contributed by atoms with Gasteiger partial charge in [-0.2, -0.15) is 0 Å². The zero-order chi connectivity index (χ0) is 10.6. The van der Waals surface area contributed by atoms with E-state index in [4.69, 9.17) is 22.7 Å². The number of nitrogens with two attached hydrogens (primary N) is 1. The number of rotatable bonds is 3. The summed E-state index contributed by atoms with van der Waals surface area (Å²) in [6, 6.07) is 7.83. The molecule has 76 valence electrons. The molecule has 1 aromatic rings. The second-order valence-corrected chi connectivity index (χ2v) is 3.46. The highest BCUT2D eigenvalue weighted by molar-refractivity contribution is 7.80. The Morgan fingerprint density at radius 3 is 2.86 bits per heavy atom. The summed E-state index contributed by atoms with van der Waals surface area (Å²) in [6.45, 7) is 0.701. The molecular weight excluding hydrogens is 196 g/mol. The molecule has 1 aromatic carbocycles. The van der Waals surface area contributed by atoms with E-state index in [1.807, 2.05) is 36.2 Å². The van der Waals surface area contributed by atoms with Crippen molar-refractivity contribution in [2.45, 2.75) is 6.54 Å². The summed E-state index contributed by atoms with van der Waals surface area (Å²) in [7, 11) is 3.51. The lowest BCUT2D eigenvalue weighted by atomic mass is 10.2. The highest BCUT2D eigenvalue weighted by Gasteiger charge is 2.01. The normalized spacial score (nSPS) is 9.57. The quantitative estimate of drug-likeness (QED) is 0.765. The second kappa shape index (κ2) is 4.81. The third-order valence-corrected chi connectivity index (χ3v) is 2.24. The maximum atomic E-state index is 5.48. The molecule has 0 unspecified atom stereocenters. The number of ether oxygens (including phenoxy) is 1. The maximum absolute atomic E-state index is 5.48. The smallest absolute Gasteiger partial charge is 0.166 e. The van der Waals surface area contributed by atoms with Gasteiger partial charge in [0.2, 0.25) is 0 Å². The van der Waals surface area contributed by atoms with Crippen molar-refractivity contribution in [1.29, 1.82) is 0 Å². The Hall–Kier alpha value is -1.29. The number of nitrogens with zero attached hydrogens (tertiary/aromatic N) is 1. The molecule has 0 saturated heterocycles. The lowest BCUT2D eigenvalue weighted by Crippen LogP contribution is -2.31. The van der Waals surface area contributed by atoms with Gasteiger partial charge in [-0.05, 0) is 29.9 Å². The summed E-state index contributed by atoms with van der Waals surface area (Å²) >= 11 is 4.85. The summed E-state index contributed by atoms with van der Waals surface area (Å²) in [4.78, 5) is 1.81. The van der Waals surface area contributed by atoms with Crippen LogP contribution in [0.4, 0.5) is 0 Å². The Labute approximate surface area is 89.5 Å². The van der Waals surface area contributed by atoms with Gasteiger partial charge in [0, 0.05) is 13.6 Å². The summed E-state index contributed by atoms with van der Waals surface area (Å²) in [5, 5.41) is 0.396. The largest absolute Gasteiger partial charge is 0.497 e. The topological polar surface area (TPSA) is 38.5 Å². The second-order valence-electron chi connectivity index (χ2n) is 3.05. The molecule has 14 heavy (non-hydrogen) atoms. The third-order valence-electron chi connectivity index (χ3n) is 1.93. The lowest BCUT2D eigenvalue weighted by molar-refractivity contribution is 0.413. The van der Waals surface area contributed by atoms with Gasteiger partial charge in [-0.25, -0.2) is 0 Å². The molecule has 0 spiro atoms. The summed E-state index contributed by atoms with van der Waals surface area (Å²) in [5.41, 5.74) is 6.61. The van der Waals surface area contributed by atoms with Crippen molar-refractivity contribution in [1.82, 2.24) is 4.90 Å². The first-order chi connectivity index (χ1) is 6.63. The maximum Gasteiger partial charge on any atom is 0.166 e. The van der Waals surface area contributed by atoms with Gasteiger partial charge in [0.05, 0.1) is 7.11 Å². The molecule has 0 fully saturated rings. The zero-order valence-corrected chi connectivity index (χ0v) is 9.17. The van der Waals surface area contributed by atoms with Crippen LogP contribution in [-0.2, 0) is 6.54 Å². The van der Waals surface area contributed by atoms with Crippen LogP contribution in [0.3, 0.4) is 0 Å². The minimum atomic E-state index is 0.396. The highest BCUT2D eigenvalue weighted by Crippen LogP contribution is 2.13. The summed E-state index contributed by atoms with van der Waals surface area (Å²) < 4.78 is 5.11. The fourth-order valence-corrected chi connectivity index (χ4v) is 1.19. The van der Waals surface area contributed by atoms with Crippen molar-refractivity contribution in [3.05, 3.63) is 29.8 Å². The van der Waals surface area contributed by atoms with E-state index in [0.717, 1.165) is 11.3 Å². The predicted molar refractivity (Wildman–Crippen MR) is 61.2 cm³/mol. The molecule has 0 bridgehead atoms. The highest BCUT2D eigenvalue weighted by atomic mass is 32.1. The molecule has 0 saturated carbocycles. The average molecular weight is 210 g/mol. The minimum absolute atomic E-state index is 0.396. The Kier molecular flexibility index (Phi) is 3.71. The van der Waals surface area contributed by atoms with E-state index >= 15 is 0 Å². The summed E-state index contributed by atoms with van der Waals surface area (Å²) in [5.74, 6) is 0.846. The van der Waals surface area contributed by atoms with Crippen LogP contribution in [0.1, 0.15) is 5.56 Å². The van der Waals surface area contributed by atoms with Gasteiger partial charge < -0.3 is 15.4 Å². The van der Waals surface area contributed by atoms with Crippen molar-refractivity contribution in [2.24, 2.45) is 5.73 Å². The Balaban J connectivity index is 2.71. The molecule has 1 rings (SSSR count). The van der Waals surface area contributed by atoms with Crippen LogP contribution >= 0.6 is 12.2 Å². The first-order valence-electron chi connectivity index (χ1n) is 4.27. The van der Waals surface area contributed by atoms with Crippen LogP contribution in [0.15, 0.2) is 24.3 Å². The number of methoxy groups -OCH3 is 1. The average Bonchev–Trinajstić information content (AvgIpc) is 2.18. The van der Waals surface area contributed by atoms with Crippen LogP contribution in [0.25, 0.3) is 0 Å². The van der Waals surface area contributed by atoms with Gasteiger partial charge in [0.15, 0.2) is 5.11 Å². The Morgan fingerprint density at radius 2 is 2.29 bits per heavy atom. The molecule has 0 aliphatic rings. The summed E-state index contributed by atoms with van der Waals surface area (Å²) in [6.07, 6.45) is 0. The van der Waals surface area contributed by atoms with Crippen LogP contribution < -0.4 is 10.5 Å². The molecule has 0 atom stereocenters. The van der Waals surface area contributed by atoms with Gasteiger partial charge in [0.25, 0.3) is 0 Å². The van der Waals surface area contributed by atoms with Gasteiger partial charge in [-0.3, -0.25) is 0 Å². The number of hydrogen-bond donors (Lipinski definition) is 1. The van der Waals surface area contributed by atoms with Crippen molar-refractivity contribution in [2.75, 3.05) is 14.2 Å². The molecule has 0 aliphatic heterocycles.